The Morgan fingerprint density at radius 2 is 2.25 bits per heavy atom. The first-order valence-electron chi connectivity index (χ1n) is 5.51. The highest BCUT2D eigenvalue weighted by Gasteiger charge is 2.17. The summed E-state index contributed by atoms with van der Waals surface area (Å²) >= 11 is 1.48. The van der Waals surface area contributed by atoms with Crippen molar-refractivity contribution in [3.63, 3.8) is 0 Å². The summed E-state index contributed by atoms with van der Waals surface area (Å²) in [7, 11) is 0. The molecule has 0 aliphatic carbocycles. The van der Waals surface area contributed by atoms with E-state index in [0.717, 1.165) is 36.1 Å². The Hall–Kier alpha value is -1.20. The highest BCUT2D eigenvalue weighted by molar-refractivity contribution is 7.17. The van der Waals surface area contributed by atoms with Crippen LogP contribution in [-0.2, 0) is 0 Å². The summed E-state index contributed by atoms with van der Waals surface area (Å²) in [5, 5.41) is 5.23. The number of nitrogens with zero attached hydrogens (tertiary/aromatic N) is 2. The Morgan fingerprint density at radius 1 is 1.44 bits per heavy atom. The molecule has 0 amide bonds. The number of aromatic nitrogens is 2. The minimum atomic E-state index is 0.118. The number of thiophene rings is 1. The molecule has 84 valence electrons. The SMILES string of the molecule is O=c1c2sccc2ncn1C1CCNCC1. The van der Waals surface area contributed by atoms with Crippen molar-refractivity contribution in [2.24, 2.45) is 0 Å². The summed E-state index contributed by atoms with van der Waals surface area (Å²) in [5.74, 6) is 0. The van der Waals surface area contributed by atoms with Gasteiger partial charge in [-0.25, -0.2) is 4.98 Å². The van der Waals surface area contributed by atoms with Gasteiger partial charge >= 0.3 is 0 Å². The first kappa shape index (κ1) is 9.99. The maximum atomic E-state index is 12.2. The van der Waals surface area contributed by atoms with Crippen LogP contribution in [0.4, 0.5) is 0 Å². The summed E-state index contributed by atoms with van der Waals surface area (Å²) in [6.07, 6.45) is 3.73. The van der Waals surface area contributed by atoms with Gasteiger partial charge in [0, 0.05) is 6.04 Å². The second-order valence-electron chi connectivity index (χ2n) is 4.07. The molecule has 0 unspecified atom stereocenters. The third kappa shape index (κ3) is 1.56. The van der Waals surface area contributed by atoms with Gasteiger partial charge in [0.05, 0.1) is 11.8 Å². The minimum absolute atomic E-state index is 0.118. The molecule has 1 saturated heterocycles. The molecule has 2 aromatic rings. The third-order valence-corrected chi connectivity index (χ3v) is 3.99. The fraction of sp³-hybridized carbons (Fsp3) is 0.455. The van der Waals surface area contributed by atoms with Gasteiger partial charge in [0.1, 0.15) is 4.70 Å². The van der Waals surface area contributed by atoms with Crippen LogP contribution in [0, 0.1) is 0 Å². The average Bonchev–Trinajstić information content (AvgIpc) is 2.80. The van der Waals surface area contributed by atoms with E-state index in [0.29, 0.717) is 6.04 Å². The van der Waals surface area contributed by atoms with Gasteiger partial charge < -0.3 is 5.32 Å². The zero-order valence-electron chi connectivity index (χ0n) is 8.85. The summed E-state index contributed by atoms with van der Waals surface area (Å²) in [6.45, 7) is 1.97. The molecule has 1 fully saturated rings. The van der Waals surface area contributed by atoms with Crippen LogP contribution in [0.3, 0.4) is 0 Å². The molecule has 1 aliphatic heterocycles. The van der Waals surface area contributed by atoms with Crippen molar-refractivity contribution in [2.75, 3.05) is 13.1 Å². The number of hydrogen-bond acceptors (Lipinski definition) is 4. The maximum Gasteiger partial charge on any atom is 0.271 e. The first-order chi connectivity index (χ1) is 7.86. The number of fused-ring (bicyclic) bond motifs is 1. The average molecular weight is 235 g/mol. The molecule has 5 heteroatoms. The number of hydrogen-bond donors (Lipinski definition) is 1. The van der Waals surface area contributed by atoms with Gasteiger partial charge in [0.15, 0.2) is 0 Å². The second-order valence-corrected chi connectivity index (χ2v) is 4.99. The molecule has 0 radical (unpaired) electrons. The van der Waals surface area contributed by atoms with Crippen molar-refractivity contribution >= 4 is 21.6 Å². The highest BCUT2D eigenvalue weighted by atomic mass is 32.1. The highest BCUT2D eigenvalue weighted by Crippen LogP contribution is 2.19. The third-order valence-electron chi connectivity index (χ3n) is 3.10. The number of piperidine rings is 1. The maximum absolute atomic E-state index is 12.2. The van der Waals surface area contributed by atoms with Crippen molar-refractivity contribution < 1.29 is 0 Å². The molecule has 1 aliphatic rings. The van der Waals surface area contributed by atoms with Crippen LogP contribution in [0.25, 0.3) is 10.2 Å². The van der Waals surface area contributed by atoms with Crippen LogP contribution in [0.2, 0.25) is 0 Å². The minimum Gasteiger partial charge on any atom is -0.317 e. The second kappa shape index (κ2) is 3.99. The van der Waals surface area contributed by atoms with Gasteiger partial charge in [-0.1, -0.05) is 0 Å². The Bertz CT molecular complexity index is 554. The first-order valence-corrected chi connectivity index (χ1v) is 6.39. The summed E-state index contributed by atoms with van der Waals surface area (Å²) in [5.41, 5.74) is 0.937. The fourth-order valence-electron chi connectivity index (χ4n) is 2.20. The monoisotopic (exact) mass is 235 g/mol. The molecule has 1 N–H and O–H groups in total. The van der Waals surface area contributed by atoms with E-state index >= 15 is 0 Å². The van der Waals surface area contributed by atoms with Gasteiger partial charge in [-0.3, -0.25) is 9.36 Å². The van der Waals surface area contributed by atoms with Crippen molar-refractivity contribution in [1.29, 1.82) is 0 Å². The van der Waals surface area contributed by atoms with Crippen molar-refractivity contribution in [1.82, 2.24) is 14.9 Å². The van der Waals surface area contributed by atoms with Gasteiger partial charge in [-0.05, 0) is 37.4 Å². The topological polar surface area (TPSA) is 46.9 Å². The number of rotatable bonds is 1. The van der Waals surface area contributed by atoms with E-state index in [4.69, 9.17) is 0 Å². The standard InChI is InChI=1S/C11H13N3OS/c15-11-10-9(3-6-16-10)13-7-14(11)8-1-4-12-5-2-8/h3,6-8,12H,1-2,4-5H2. The lowest BCUT2D eigenvalue weighted by Crippen LogP contribution is -2.34. The normalized spacial score (nSPS) is 18.0. The Labute approximate surface area is 96.9 Å². The summed E-state index contributed by atoms with van der Waals surface area (Å²) in [4.78, 5) is 16.5. The van der Waals surface area contributed by atoms with Crippen molar-refractivity contribution in [3.8, 4) is 0 Å². The molecule has 3 heterocycles. The summed E-state index contributed by atoms with van der Waals surface area (Å²) < 4.78 is 2.58. The van der Waals surface area contributed by atoms with Crippen LogP contribution in [0.1, 0.15) is 18.9 Å². The van der Waals surface area contributed by atoms with Gasteiger partial charge in [-0.15, -0.1) is 11.3 Å². The molecule has 4 nitrogen and oxygen atoms in total. The van der Waals surface area contributed by atoms with E-state index in [1.54, 1.807) is 10.9 Å². The van der Waals surface area contributed by atoms with Crippen LogP contribution in [0.5, 0.6) is 0 Å². The predicted molar refractivity (Wildman–Crippen MR) is 65.0 cm³/mol. The Morgan fingerprint density at radius 3 is 3.06 bits per heavy atom. The largest absolute Gasteiger partial charge is 0.317 e. The molecule has 0 saturated carbocycles. The molecule has 0 atom stereocenters. The van der Waals surface area contributed by atoms with E-state index in [1.165, 1.54) is 11.3 Å². The lowest BCUT2D eigenvalue weighted by Gasteiger charge is -2.24. The molecular weight excluding hydrogens is 222 g/mol. The van der Waals surface area contributed by atoms with Crippen LogP contribution in [0.15, 0.2) is 22.6 Å². The van der Waals surface area contributed by atoms with E-state index < -0.39 is 0 Å². The molecule has 16 heavy (non-hydrogen) atoms. The van der Waals surface area contributed by atoms with Crippen LogP contribution >= 0.6 is 11.3 Å². The zero-order chi connectivity index (χ0) is 11.0. The Kier molecular flexibility index (Phi) is 2.49. The quantitative estimate of drug-likeness (QED) is 0.812. The van der Waals surface area contributed by atoms with Gasteiger partial charge in [-0.2, -0.15) is 0 Å². The fourth-order valence-corrected chi connectivity index (χ4v) is 2.98. The molecule has 0 bridgehead atoms. The van der Waals surface area contributed by atoms with Gasteiger partial charge in [0.25, 0.3) is 5.56 Å². The van der Waals surface area contributed by atoms with Crippen LogP contribution in [-0.4, -0.2) is 22.6 Å². The van der Waals surface area contributed by atoms with E-state index in [2.05, 4.69) is 10.3 Å². The Balaban J connectivity index is 2.09. The lowest BCUT2D eigenvalue weighted by atomic mass is 10.1. The number of nitrogens with one attached hydrogen (secondary N) is 1. The van der Waals surface area contributed by atoms with E-state index in [-0.39, 0.29) is 5.56 Å². The van der Waals surface area contributed by atoms with E-state index in [9.17, 15) is 4.79 Å². The van der Waals surface area contributed by atoms with Crippen molar-refractivity contribution in [3.05, 3.63) is 28.1 Å². The van der Waals surface area contributed by atoms with Gasteiger partial charge in [0.2, 0.25) is 0 Å². The molecule has 0 aromatic carbocycles. The van der Waals surface area contributed by atoms with Crippen LogP contribution < -0.4 is 10.9 Å². The lowest BCUT2D eigenvalue weighted by molar-refractivity contribution is 0.359. The zero-order valence-corrected chi connectivity index (χ0v) is 9.67. The molecule has 0 spiro atoms. The molecular formula is C11H13N3OS. The molecule has 3 rings (SSSR count). The smallest absolute Gasteiger partial charge is 0.271 e. The summed E-state index contributed by atoms with van der Waals surface area (Å²) in [6, 6.07) is 2.21. The van der Waals surface area contributed by atoms with E-state index in [1.807, 2.05) is 11.4 Å². The molecule has 2 aromatic heterocycles. The van der Waals surface area contributed by atoms with Crippen molar-refractivity contribution in [2.45, 2.75) is 18.9 Å². The predicted octanol–water partition coefficient (Wildman–Crippen LogP) is 1.38.